The van der Waals surface area contributed by atoms with E-state index in [1.165, 1.54) is 75.3 Å². The van der Waals surface area contributed by atoms with E-state index in [1.807, 2.05) is 48.5 Å². The lowest BCUT2D eigenvalue weighted by Crippen LogP contribution is -2.36. The summed E-state index contributed by atoms with van der Waals surface area (Å²) >= 11 is 0. The second kappa shape index (κ2) is 12.9. The van der Waals surface area contributed by atoms with Gasteiger partial charge in [0.05, 0.1) is 24.3 Å². The van der Waals surface area contributed by atoms with Crippen LogP contribution in [0.15, 0.2) is 48.5 Å². The van der Waals surface area contributed by atoms with Crippen LogP contribution in [0.2, 0.25) is 0 Å². The molecule has 40 heavy (non-hydrogen) atoms. The summed E-state index contributed by atoms with van der Waals surface area (Å²) in [5, 5.41) is 0. The van der Waals surface area contributed by atoms with Crippen LogP contribution in [0.1, 0.15) is 96.1 Å². The average Bonchev–Trinajstić information content (AvgIpc) is 3.58. The van der Waals surface area contributed by atoms with Gasteiger partial charge in [0.2, 0.25) is 0 Å². The van der Waals surface area contributed by atoms with E-state index >= 15 is 0 Å². The first kappa shape index (κ1) is 27.5. The molecule has 2 aromatic rings. The van der Waals surface area contributed by atoms with Crippen molar-refractivity contribution in [3.63, 3.8) is 0 Å². The molecule has 2 saturated heterocycles. The molecule has 214 valence electrons. The van der Waals surface area contributed by atoms with E-state index in [9.17, 15) is 9.59 Å². The first-order valence-corrected chi connectivity index (χ1v) is 15.5. The monoisotopic (exact) mass is 546 g/mol. The van der Waals surface area contributed by atoms with Crippen molar-refractivity contribution in [3.8, 4) is 0 Å². The van der Waals surface area contributed by atoms with E-state index < -0.39 is 24.4 Å². The maximum Gasteiger partial charge on any atom is 0.338 e. The predicted molar refractivity (Wildman–Crippen MR) is 151 cm³/mol. The highest BCUT2D eigenvalue weighted by atomic mass is 16.7. The lowest BCUT2D eigenvalue weighted by molar-refractivity contribution is -0.0287. The first-order valence-electron chi connectivity index (χ1n) is 15.5. The van der Waals surface area contributed by atoms with Crippen molar-refractivity contribution < 1.29 is 28.5 Å². The number of benzene rings is 2. The van der Waals surface area contributed by atoms with Crippen molar-refractivity contribution in [3.05, 3.63) is 70.8 Å². The summed E-state index contributed by atoms with van der Waals surface area (Å²) in [4.78, 5) is 25.7. The van der Waals surface area contributed by atoms with Crippen LogP contribution in [0.3, 0.4) is 0 Å². The van der Waals surface area contributed by atoms with Crippen LogP contribution in [0, 0.1) is 11.8 Å². The van der Waals surface area contributed by atoms with Gasteiger partial charge >= 0.3 is 11.9 Å². The quantitative estimate of drug-likeness (QED) is 0.353. The van der Waals surface area contributed by atoms with Gasteiger partial charge in [-0.3, -0.25) is 0 Å². The normalized spacial score (nSPS) is 27.3. The molecule has 6 nitrogen and oxygen atoms in total. The van der Waals surface area contributed by atoms with Gasteiger partial charge in [0.25, 0.3) is 0 Å². The number of hydrogen-bond donors (Lipinski definition) is 0. The van der Waals surface area contributed by atoms with E-state index in [-0.39, 0.29) is 25.2 Å². The van der Waals surface area contributed by atoms with Gasteiger partial charge in [-0.1, -0.05) is 88.5 Å². The Bertz CT molecular complexity index is 1040. The van der Waals surface area contributed by atoms with E-state index in [1.54, 1.807) is 0 Å². The molecule has 2 heterocycles. The number of carbonyl (C=O) groups is 2. The van der Waals surface area contributed by atoms with Crippen LogP contribution >= 0.6 is 0 Å². The number of fused-ring (bicyclic) bond motifs is 1. The van der Waals surface area contributed by atoms with Gasteiger partial charge in [-0.25, -0.2) is 9.59 Å². The van der Waals surface area contributed by atoms with E-state index in [4.69, 9.17) is 18.9 Å². The fourth-order valence-corrected chi connectivity index (χ4v) is 7.05. The fourth-order valence-electron chi connectivity index (χ4n) is 7.05. The molecule has 4 unspecified atom stereocenters. The van der Waals surface area contributed by atoms with Crippen molar-refractivity contribution in [2.45, 2.75) is 101 Å². The summed E-state index contributed by atoms with van der Waals surface area (Å²) in [7, 11) is 0. The molecule has 2 aliphatic heterocycles. The molecular weight excluding hydrogens is 504 g/mol. The summed E-state index contributed by atoms with van der Waals surface area (Å²) in [6, 6.07) is 15.6. The number of rotatable bonds is 8. The van der Waals surface area contributed by atoms with Crippen LogP contribution in [-0.4, -0.2) is 49.6 Å². The molecule has 4 atom stereocenters. The molecule has 4 aliphatic rings. The number of ether oxygens (including phenoxy) is 4. The Morgan fingerprint density at radius 2 is 0.950 bits per heavy atom. The third kappa shape index (κ3) is 6.60. The van der Waals surface area contributed by atoms with Gasteiger partial charge in [0.15, 0.2) is 12.2 Å². The molecule has 2 aromatic carbocycles. The van der Waals surface area contributed by atoms with Crippen LogP contribution in [0.4, 0.5) is 0 Å². The third-order valence-corrected chi connectivity index (χ3v) is 9.36. The average molecular weight is 547 g/mol. The van der Waals surface area contributed by atoms with Crippen molar-refractivity contribution in [2.75, 3.05) is 13.2 Å². The number of hydrogen-bond acceptors (Lipinski definition) is 6. The lowest BCUT2D eigenvalue weighted by atomic mass is 9.85. The molecule has 0 radical (unpaired) electrons. The Kier molecular flexibility index (Phi) is 8.83. The van der Waals surface area contributed by atoms with Crippen molar-refractivity contribution in [1.29, 1.82) is 0 Å². The van der Waals surface area contributed by atoms with Crippen LogP contribution in [-0.2, 0) is 31.8 Å². The predicted octanol–water partition coefficient (Wildman–Crippen LogP) is 6.48. The molecule has 2 saturated carbocycles. The maximum atomic E-state index is 12.9. The zero-order valence-corrected chi connectivity index (χ0v) is 23.4. The van der Waals surface area contributed by atoms with Gasteiger partial charge in [-0.05, 0) is 60.1 Å². The minimum Gasteiger partial charge on any atom is -0.453 e. The Hall–Kier alpha value is -2.70. The van der Waals surface area contributed by atoms with Crippen LogP contribution in [0.5, 0.6) is 0 Å². The van der Waals surface area contributed by atoms with Gasteiger partial charge < -0.3 is 18.9 Å². The van der Waals surface area contributed by atoms with Gasteiger partial charge in [-0.2, -0.15) is 0 Å². The third-order valence-electron chi connectivity index (χ3n) is 9.36. The lowest BCUT2D eigenvalue weighted by Gasteiger charge is -2.21. The van der Waals surface area contributed by atoms with E-state index in [2.05, 4.69) is 0 Å². The zero-order valence-electron chi connectivity index (χ0n) is 23.4. The molecule has 6 rings (SSSR count). The number of carbonyl (C=O) groups excluding carboxylic acids is 2. The highest BCUT2D eigenvalue weighted by Crippen LogP contribution is 2.32. The summed E-state index contributed by atoms with van der Waals surface area (Å²) in [6.45, 7) is 0.454. The molecule has 6 heteroatoms. The Balaban J connectivity index is 0.979. The van der Waals surface area contributed by atoms with E-state index in [0.29, 0.717) is 11.1 Å². The summed E-state index contributed by atoms with van der Waals surface area (Å²) in [6.07, 6.45) is 13.5. The molecule has 0 aromatic heterocycles. The topological polar surface area (TPSA) is 71.1 Å². The Labute approximate surface area is 237 Å². The second-order valence-corrected chi connectivity index (χ2v) is 12.3. The molecular formula is C34H42O6. The molecule has 4 fully saturated rings. The van der Waals surface area contributed by atoms with Gasteiger partial charge in [0.1, 0.15) is 12.2 Å². The van der Waals surface area contributed by atoms with E-state index in [0.717, 1.165) is 24.7 Å². The fraction of sp³-hybridized carbons (Fsp3) is 0.588. The molecule has 0 spiro atoms. The summed E-state index contributed by atoms with van der Waals surface area (Å²) < 4.78 is 23.4. The molecule has 0 N–H and O–H groups in total. The second-order valence-electron chi connectivity index (χ2n) is 12.3. The minimum atomic E-state index is -0.526. The Morgan fingerprint density at radius 1 is 0.575 bits per heavy atom. The zero-order chi connectivity index (χ0) is 27.3. The molecule has 0 bridgehead atoms. The molecule has 0 amide bonds. The first-order chi connectivity index (χ1) is 19.6. The standard InChI is InChI=1S/C34H42O6/c35-33(27-15-11-25(12-16-27)19-23-7-3-1-4-8-23)39-29-21-37-32-30(22-38-31(29)32)40-34(36)28-17-13-26(14-18-28)20-24-9-5-2-6-10-24/h11-18,23-24,29-32H,1-10,19-22H2. The van der Waals surface area contributed by atoms with Crippen molar-refractivity contribution >= 4 is 11.9 Å². The summed E-state index contributed by atoms with van der Waals surface area (Å²) in [5.41, 5.74) is 3.61. The van der Waals surface area contributed by atoms with Gasteiger partial charge in [0, 0.05) is 0 Å². The highest BCUT2D eigenvalue weighted by Gasteiger charge is 2.51. The van der Waals surface area contributed by atoms with Gasteiger partial charge in [-0.15, -0.1) is 0 Å². The van der Waals surface area contributed by atoms with Crippen LogP contribution < -0.4 is 0 Å². The molecule has 2 aliphatic carbocycles. The summed E-state index contributed by atoms with van der Waals surface area (Å²) in [5.74, 6) is 0.754. The van der Waals surface area contributed by atoms with Crippen molar-refractivity contribution in [1.82, 2.24) is 0 Å². The van der Waals surface area contributed by atoms with Crippen LogP contribution in [0.25, 0.3) is 0 Å². The largest absolute Gasteiger partial charge is 0.453 e. The van der Waals surface area contributed by atoms with Crippen molar-refractivity contribution in [2.24, 2.45) is 11.8 Å². The SMILES string of the molecule is O=C(OC1COC2C(OC(=O)c3ccc(CC4CCCCC4)cc3)COC12)c1ccc(CC2CCCCC2)cc1. The Morgan fingerprint density at radius 3 is 1.32 bits per heavy atom. The smallest absolute Gasteiger partial charge is 0.338 e. The highest BCUT2D eigenvalue weighted by molar-refractivity contribution is 5.90. The number of esters is 2. The minimum absolute atomic E-state index is 0.227. The maximum absolute atomic E-state index is 12.9.